The van der Waals surface area contributed by atoms with Crippen LogP contribution in [0.3, 0.4) is 0 Å². The highest BCUT2D eigenvalue weighted by molar-refractivity contribution is 5.75. The first-order valence-electron chi connectivity index (χ1n) is 8.06. The number of amides is 2. The molecular weight excluding hydrogens is 270 g/mol. The zero-order valence-electron chi connectivity index (χ0n) is 13.0. The van der Waals surface area contributed by atoms with Gasteiger partial charge in [0.25, 0.3) is 0 Å². The molecular formula is C15H27N3O3. The predicted octanol–water partition coefficient (Wildman–Crippen LogP) is 1.41. The Hall–Kier alpha value is -1.30. The molecule has 0 saturated heterocycles. The standard InChI is InChI=1S/C15H27N3O3/c1-3-5-10-6-13(10)17-15(21)16-11-7-12(8-11)18(4-2)9-14(19)20/h10-13H,3-9H2,1-2H3,(H,19,20)(H2,16,17,21)/t10-,11?,12?,13-/m1/s1. The number of carbonyl (C=O) groups is 2. The Balaban J connectivity index is 1.61. The van der Waals surface area contributed by atoms with Gasteiger partial charge in [-0.2, -0.15) is 0 Å². The first-order chi connectivity index (χ1) is 10.0. The van der Waals surface area contributed by atoms with Crippen LogP contribution in [-0.4, -0.2) is 53.2 Å². The summed E-state index contributed by atoms with van der Waals surface area (Å²) in [4.78, 5) is 24.6. The minimum Gasteiger partial charge on any atom is -0.480 e. The van der Waals surface area contributed by atoms with Crippen molar-refractivity contribution >= 4 is 12.0 Å². The molecule has 0 aromatic heterocycles. The summed E-state index contributed by atoms with van der Waals surface area (Å²) in [6.45, 7) is 4.95. The molecule has 0 aliphatic heterocycles. The van der Waals surface area contributed by atoms with Crippen LogP contribution in [0.25, 0.3) is 0 Å². The summed E-state index contributed by atoms with van der Waals surface area (Å²) in [7, 11) is 0. The molecule has 0 heterocycles. The van der Waals surface area contributed by atoms with E-state index >= 15 is 0 Å². The van der Waals surface area contributed by atoms with Gasteiger partial charge in [0, 0.05) is 18.1 Å². The van der Waals surface area contributed by atoms with Gasteiger partial charge < -0.3 is 15.7 Å². The lowest BCUT2D eigenvalue weighted by Crippen LogP contribution is -2.56. The third-order valence-electron chi connectivity index (χ3n) is 4.61. The Morgan fingerprint density at radius 1 is 1.19 bits per heavy atom. The molecule has 2 rings (SSSR count). The maximum atomic E-state index is 11.8. The lowest BCUT2D eigenvalue weighted by molar-refractivity contribution is -0.139. The number of rotatable bonds is 8. The van der Waals surface area contributed by atoms with E-state index in [0.717, 1.165) is 25.8 Å². The van der Waals surface area contributed by atoms with Crippen LogP contribution in [0.2, 0.25) is 0 Å². The van der Waals surface area contributed by atoms with Crippen LogP contribution in [0.1, 0.15) is 46.0 Å². The zero-order valence-corrected chi connectivity index (χ0v) is 13.0. The molecule has 6 nitrogen and oxygen atoms in total. The number of carboxylic acid groups (broad SMARTS) is 1. The molecule has 3 N–H and O–H groups in total. The quantitative estimate of drug-likeness (QED) is 0.633. The van der Waals surface area contributed by atoms with Crippen LogP contribution in [0.15, 0.2) is 0 Å². The number of hydrogen-bond acceptors (Lipinski definition) is 3. The van der Waals surface area contributed by atoms with Gasteiger partial charge in [-0.25, -0.2) is 4.79 Å². The zero-order chi connectivity index (χ0) is 15.4. The first-order valence-corrected chi connectivity index (χ1v) is 8.06. The molecule has 0 aromatic carbocycles. The molecule has 120 valence electrons. The normalized spacial score (nSPS) is 30.6. The van der Waals surface area contributed by atoms with E-state index in [1.807, 2.05) is 11.8 Å². The maximum Gasteiger partial charge on any atom is 0.317 e. The van der Waals surface area contributed by atoms with Gasteiger partial charge >= 0.3 is 12.0 Å². The molecule has 6 heteroatoms. The molecule has 2 atom stereocenters. The van der Waals surface area contributed by atoms with Crippen LogP contribution in [0.5, 0.6) is 0 Å². The Labute approximate surface area is 126 Å². The number of carbonyl (C=O) groups excluding carboxylic acids is 1. The van der Waals surface area contributed by atoms with E-state index in [9.17, 15) is 9.59 Å². The molecule has 2 aliphatic rings. The van der Waals surface area contributed by atoms with Crippen molar-refractivity contribution in [3.63, 3.8) is 0 Å². The second kappa shape index (κ2) is 7.11. The van der Waals surface area contributed by atoms with Crippen LogP contribution in [-0.2, 0) is 4.79 Å². The molecule has 0 aromatic rings. The molecule has 2 amide bonds. The van der Waals surface area contributed by atoms with Gasteiger partial charge in [0.05, 0.1) is 6.54 Å². The van der Waals surface area contributed by atoms with E-state index in [0.29, 0.717) is 12.0 Å². The smallest absolute Gasteiger partial charge is 0.317 e. The number of aliphatic carboxylic acids is 1. The van der Waals surface area contributed by atoms with Crippen LogP contribution in [0.4, 0.5) is 4.79 Å². The largest absolute Gasteiger partial charge is 0.480 e. The molecule has 0 spiro atoms. The third kappa shape index (κ3) is 4.59. The van der Waals surface area contributed by atoms with Crippen LogP contribution >= 0.6 is 0 Å². The summed E-state index contributed by atoms with van der Waals surface area (Å²) in [5.41, 5.74) is 0. The Bertz CT molecular complexity index is 382. The molecule has 0 radical (unpaired) electrons. The van der Waals surface area contributed by atoms with Gasteiger partial charge in [-0.05, 0) is 38.1 Å². The molecule has 0 bridgehead atoms. The van der Waals surface area contributed by atoms with Gasteiger partial charge in [-0.15, -0.1) is 0 Å². The number of nitrogens with one attached hydrogen (secondary N) is 2. The van der Waals surface area contributed by atoms with Crippen molar-refractivity contribution in [2.75, 3.05) is 13.1 Å². The Kier molecular flexibility index (Phi) is 5.45. The summed E-state index contributed by atoms with van der Waals surface area (Å²) in [5, 5.41) is 14.9. The highest BCUT2D eigenvalue weighted by Crippen LogP contribution is 2.34. The van der Waals surface area contributed by atoms with E-state index in [-0.39, 0.29) is 24.7 Å². The predicted molar refractivity (Wildman–Crippen MR) is 80.2 cm³/mol. The minimum absolute atomic E-state index is 0.0664. The van der Waals surface area contributed by atoms with Crippen LogP contribution < -0.4 is 10.6 Å². The summed E-state index contributed by atoms with van der Waals surface area (Å²) in [5.74, 6) is -0.122. The van der Waals surface area contributed by atoms with Gasteiger partial charge in [0.15, 0.2) is 0 Å². The number of carboxylic acids is 1. The number of likely N-dealkylation sites (N-methyl/N-ethyl adjacent to an activating group) is 1. The summed E-state index contributed by atoms with van der Waals surface area (Å²) >= 11 is 0. The number of hydrogen-bond donors (Lipinski definition) is 3. The van der Waals surface area contributed by atoms with Gasteiger partial charge in [-0.1, -0.05) is 20.3 Å². The molecule has 21 heavy (non-hydrogen) atoms. The average Bonchev–Trinajstić information content (AvgIpc) is 3.09. The fourth-order valence-corrected chi connectivity index (χ4v) is 3.19. The maximum absolute atomic E-state index is 11.8. The van der Waals surface area contributed by atoms with Crippen molar-refractivity contribution in [3.05, 3.63) is 0 Å². The van der Waals surface area contributed by atoms with E-state index < -0.39 is 5.97 Å². The van der Waals surface area contributed by atoms with Crippen molar-refractivity contribution in [3.8, 4) is 0 Å². The monoisotopic (exact) mass is 297 g/mol. The van der Waals surface area contributed by atoms with E-state index in [1.54, 1.807) is 0 Å². The fraction of sp³-hybridized carbons (Fsp3) is 0.867. The molecule has 0 unspecified atom stereocenters. The number of urea groups is 1. The highest BCUT2D eigenvalue weighted by atomic mass is 16.4. The van der Waals surface area contributed by atoms with Crippen molar-refractivity contribution in [2.24, 2.45) is 5.92 Å². The van der Waals surface area contributed by atoms with Crippen LogP contribution in [0, 0.1) is 5.92 Å². The molecule has 2 aliphatic carbocycles. The highest BCUT2D eigenvalue weighted by Gasteiger charge is 2.39. The van der Waals surface area contributed by atoms with Gasteiger partial charge in [-0.3, -0.25) is 9.69 Å². The van der Waals surface area contributed by atoms with E-state index in [4.69, 9.17) is 5.11 Å². The summed E-state index contributed by atoms with van der Waals surface area (Å²) < 4.78 is 0. The Morgan fingerprint density at radius 3 is 2.48 bits per heavy atom. The third-order valence-corrected chi connectivity index (χ3v) is 4.61. The van der Waals surface area contributed by atoms with Gasteiger partial charge in [0.1, 0.15) is 0 Å². The van der Waals surface area contributed by atoms with E-state index in [1.165, 1.54) is 12.8 Å². The van der Waals surface area contributed by atoms with Crippen molar-refractivity contribution in [1.82, 2.24) is 15.5 Å². The SMILES string of the molecule is CCC[C@@H]1C[C@H]1NC(=O)NC1CC(N(CC)CC(=O)O)C1. The molecule has 2 saturated carbocycles. The minimum atomic E-state index is -0.790. The van der Waals surface area contributed by atoms with E-state index in [2.05, 4.69) is 17.6 Å². The lowest BCUT2D eigenvalue weighted by Gasteiger charge is -2.42. The molecule has 2 fully saturated rings. The van der Waals surface area contributed by atoms with Crippen molar-refractivity contribution in [1.29, 1.82) is 0 Å². The average molecular weight is 297 g/mol. The summed E-state index contributed by atoms with van der Waals surface area (Å²) in [6.07, 6.45) is 5.16. The fourth-order valence-electron chi connectivity index (χ4n) is 3.19. The Morgan fingerprint density at radius 2 is 1.90 bits per heavy atom. The van der Waals surface area contributed by atoms with Crippen molar-refractivity contribution < 1.29 is 14.7 Å². The topological polar surface area (TPSA) is 81.7 Å². The van der Waals surface area contributed by atoms with Crippen molar-refractivity contribution in [2.45, 2.75) is 64.1 Å². The second-order valence-electron chi connectivity index (χ2n) is 6.29. The first kappa shape index (κ1) is 16.1. The second-order valence-corrected chi connectivity index (χ2v) is 6.29. The number of nitrogens with zero attached hydrogens (tertiary/aromatic N) is 1. The summed E-state index contributed by atoms with van der Waals surface area (Å²) in [6, 6.07) is 0.759. The van der Waals surface area contributed by atoms with Gasteiger partial charge in [0.2, 0.25) is 0 Å². The lowest BCUT2D eigenvalue weighted by atomic mass is 9.85.